The standard InChI is InChI=1S/C16H29F2N3O3S.ClH/c1-12(14-3-2-6-19-11-14)9-15(22)20-10-13-4-7-21(8-5-13)25(23,24)16(17)18;/h12-14,16,19H,2-11H2,1H3,(H,20,22);1H. The maximum absolute atomic E-state index is 12.5. The van der Waals surface area contributed by atoms with E-state index >= 15 is 0 Å². The van der Waals surface area contributed by atoms with Crippen molar-refractivity contribution in [2.45, 2.75) is 44.8 Å². The van der Waals surface area contributed by atoms with Gasteiger partial charge in [-0.1, -0.05) is 6.92 Å². The molecule has 2 fully saturated rings. The highest BCUT2D eigenvalue weighted by Gasteiger charge is 2.34. The number of piperidine rings is 2. The number of carbonyl (C=O) groups is 1. The van der Waals surface area contributed by atoms with Gasteiger partial charge in [0.1, 0.15) is 0 Å². The van der Waals surface area contributed by atoms with Crippen molar-refractivity contribution in [3.8, 4) is 0 Å². The molecule has 0 radical (unpaired) electrons. The number of nitrogens with zero attached hydrogens (tertiary/aromatic N) is 1. The van der Waals surface area contributed by atoms with Crippen molar-refractivity contribution in [1.82, 2.24) is 14.9 Å². The highest BCUT2D eigenvalue weighted by molar-refractivity contribution is 7.89. The summed E-state index contributed by atoms with van der Waals surface area (Å²) >= 11 is 0. The molecule has 2 N–H and O–H groups in total. The van der Waals surface area contributed by atoms with Crippen molar-refractivity contribution in [2.75, 3.05) is 32.7 Å². The molecule has 2 rings (SSSR count). The second kappa shape index (κ2) is 10.7. The Morgan fingerprint density at radius 1 is 1.27 bits per heavy atom. The topological polar surface area (TPSA) is 78.5 Å². The minimum Gasteiger partial charge on any atom is -0.356 e. The lowest BCUT2D eigenvalue weighted by atomic mass is 9.85. The van der Waals surface area contributed by atoms with Gasteiger partial charge in [-0.15, -0.1) is 12.4 Å². The minimum atomic E-state index is -4.48. The number of amides is 1. The van der Waals surface area contributed by atoms with E-state index in [1.807, 2.05) is 0 Å². The molecule has 0 saturated carbocycles. The first-order chi connectivity index (χ1) is 11.8. The van der Waals surface area contributed by atoms with Gasteiger partial charge in [-0.25, -0.2) is 8.42 Å². The smallest absolute Gasteiger partial charge is 0.350 e. The van der Waals surface area contributed by atoms with Gasteiger partial charge in [0, 0.05) is 26.1 Å². The van der Waals surface area contributed by atoms with Gasteiger partial charge in [-0.3, -0.25) is 4.79 Å². The largest absolute Gasteiger partial charge is 0.356 e. The summed E-state index contributed by atoms with van der Waals surface area (Å²) in [4.78, 5) is 12.1. The highest BCUT2D eigenvalue weighted by atomic mass is 35.5. The van der Waals surface area contributed by atoms with Gasteiger partial charge >= 0.3 is 5.76 Å². The molecule has 6 nitrogen and oxygen atoms in total. The molecule has 2 atom stereocenters. The summed E-state index contributed by atoms with van der Waals surface area (Å²) in [6, 6.07) is 0. The van der Waals surface area contributed by atoms with Gasteiger partial charge in [0.25, 0.3) is 10.0 Å². The van der Waals surface area contributed by atoms with Gasteiger partial charge < -0.3 is 10.6 Å². The Labute approximate surface area is 160 Å². The third-order valence-electron chi connectivity index (χ3n) is 5.39. The Balaban J connectivity index is 0.00000338. The summed E-state index contributed by atoms with van der Waals surface area (Å²) in [6.45, 7) is 4.79. The number of nitrogens with one attached hydrogen (secondary N) is 2. The Morgan fingerprint density at radius 3 is 2.46 bits per heavy atom. The summed E-state index contributed by atoms with van der Waals surface area (Å²) in [5, 5.41) is 6.28. The molecule has 0 aromatic rings. The van der Waals surface area contributed by atoms with Crippen molar-refractivity contribution in [1.29, 1.82) is 0 Å². The predicted octanol–water partition coefficient (Wildman–Crippen LogP) is 1.81. The van der Waals surface area contributed by atoms with E-state index in [0.29, 0.717) is 37.6 Å². The Hall–Kier alpha value is -0.510. The third-order valence-corrected chi connectivity index (χ3v) is 6.93. The van der Waals surface area contributed by atoms with E-state index in [0.717, 1.165) is 30.2 Å². The number of hydrogen-bond acceptors (Lipinski definition) is 4. The van der Waals surface area contributed by atoms with Crippen LogP contribution < -0.4 is 10.6 Å². The normalized spacial score (nSPS) is 24.1. The van der Waals surface area contributed by atoms with Crippen LogP contribution >= 0.6 is 12.4 Å². The van der Waals surface area contributed by atoms with E-state index in [9.17, 15) is 22.0 Å². The molecule has 0 bridgehead atoms. The quantitative estimate of drug-likeness (QED) is 0.662. The van der Waals surface area contributed by atoms with Crippen LogP contribution in [0.15, 0.2) is 0 Å². The summed E-state index contributed by atoms with van der Waals surface area (Å²) in [5.74, 6) is -2.35. The number of alkyl halides is 2. The van der Waals surface area contributed by atoms with Crippen LogP contribution in [0.2, 0.25) is 0 Å². The summed E-state index contributed by atoms with van der Waals surface area (Å²) in [7, 11) is -4.48. The van der Waals surface area contributed by atoms with Crippen molar-refractivity contribution in [2.24, 2.45) is 17.8 Å². The van der Waals surface area contributed by atoms with Crippen LogP contribution in [0.1, 0.15) is 39.0 Å². The zero-order valence-corrected chi connectivity index (χ0v) is 16.8. The van der Waals surface area contributed by atoms with Crippen LogP contribution in [-0.4, -0.2) is 57.1 Å². The van der Waals surface area contributed by atoms with Crippen molar-refractivity contribution in [3.05, 3.63) is 0 Å². The average Bonchev–Trinajstić information content (AvgIpc) is 2.61. The Bertz CT molecular complexity index is 537. The molecule has 2 aliphatic heterocycles. The van der Waals surface area contributed by atoms with E-state index in [1.54, 1.807) is 0 Å². The third kappa shape index (κ3) is 6.58. The van der Waals surface area contributed by atoms with Crippen molar-refractivity contribution < 1.29 is 22.0 Å². The molecule has 2 heterocycles. The average molecular weight is 418 g/mol. The summed E-state index contributed by atoms with van der Waals surface area (Å²) in [6.07, 6.45) is 3.78. The van der Waals surface area contributed by atoms with E-state index in [2.05, 4.69) is 17.6 Å². The van der Waals surface area contributed by atoms with Crippen LogP contribution in [0.5, 0.6) is 0 Å². The van der Waals surface area contributed by atoms with Gasteiger partial charge in [-0.05, 0) is 56.5 Å². The van der Waals surface area contributed by atoms with E-state index in [-0.39, 0.29) is 37.3 Å². The van der Waals surface area contributed by atoms with Crippen molar-refractivity contribution in [3.63, 3.8) is 0 Å². The molecule has 10 heteroatoms. The lowest BCUT2D eigenvalue weighted by molar-refractivity contribution is -0.122. The molecular formula is C16H30ClF2N3O3S. The van der Waals surface area contributed by atoms with Gasteiger partial charge in [0.15, 0.2) is 0 Å². The minimum absolute atomic E-state index is 0. The second-order valence-electron chi connectivity index (χ2n) is 7.24. The van der Waals surface area contributed by atoms with E-state index in [4.69, 9.17) is 0 Å². The molecule has 2 saturated heterocycles. The van der Waals surface area contributed by atoms with E-state index < -0.39 is 15.8 Å². The van der Waals surface area contributed by atoms with Crippen LogP contribution in [0.4, 0.5) is 8.78 Å². The molecule has 26 heavy (non-hydrogen) atoms. The molecule has 1 amide bonds. The zero-order valence-electron chi connectivity index (χ0n) is 15.1. The van der Waals surface area contributed by atoms with Gasteiger partial charge in [0.2, 0.25) is 5.91 Å². The van der Waals surface area contributed by atoms with Gasteiger partial charge in [0.05, 0.1) is 0 Å². The molecule has 0 aliphatic carbocycles. The van der Waals surface area contributed by atoms with E-state index in [1.165, 1.54) is 0 Å². The van der Waals surface area contributed by atoms with Gasteiger partial charge in [-0.2, -0.15) is 13.1 Å². The van der Waals surface area contributed by atoms with Crippen LogP contribution in [0.25, 0.3) is 0 Å². The highest BCUT2D eigenvalue weighted by Crippen LogP contribution is 2.24. The first kappa shape index (κ1) is 23.5. The zero-order chi connectivity index (χ0) is 18.4. The Kier molecular flexibility index (Phi) is 9.71. The summed E-state index contributed by atoms with van der Waals surface area (Å²) < 4.78 is 48.8. The number of carbonyl (C=O) groups excluding carboxylic acids is 1. The molecule has 0 aromatic heterocycles. The molecule has 154 valence electrons. The first-order valence-corrected chi connectivity index (χ1v) is 10.6. The van der Waals surface area contributed by atoms with Crippen LogP contribution in [-0.2, 0) is 14.8 Å². The maximum Gasteiger partial charge on any atom is 0.350 e. The fourth-order valence-corrected chi connectivity index (χ4v) is 4.58. The number of sulfonamides is 1. The molecule has 2 unspecified atom stereocenters. The lowest BCUT2D eigenvalue weighted by Gasteiger charge is -2.31. The number of hydrogen-bond donors (Lipinski definition) is 2. The lowest BCUT2D eigenvalue weighted by Crippen LogP contribution is -2.43. The second-order valence-corrected chi connectivity index (χ2v) is 9.14. The maximum atomic E-state index is 12.5. The molecule has 0 spiro atoms. The fourth-order valence-electron chi connectivity index (χ4n) is 3.63. The molecule has 2 aliphatic rings. The molecule has 0 aromatic carbocycles. The fraction of sp³-hybridized carbons (Fsp3) is 0.938. The first-order valence-electron chi connectivity index (χ1n) is 9.05. The SMILES string of the molecule is CC(CC(=O)NCC1CCN(S(=O)(=O)C(F)F)CC1)C1CCCNC1.Cl. The van der Waals surface area contributed by atoms with Crippen molar-refractivity contribution >= 4 is 28.3 Å². The Morgan fingerprint density at radius 2 is 1.92 bits per heavy atom. The monoisotopic (exact) mass is 417 g/mol. The molecular weight excluding hydrogens is 388 g/mol. The predicted molar refractivity (Wildman–Crippen MR) is 98.9 cm³/mol. The van der Waals surface area contributed by atoms with Crippen LogP contribution in [0.3, 0.4) is 0 Å². The van der Waals surface area contributed by atoms with Crippen LogP contribution in [0, 0.1) is 17.8 Å². The number of halogens is 3. The number of rotatable bonds is 7. The summed E-state index contributed by atoms with van der Waals surface area (Å²) in [5.41, 5.74) is 0.